The Kier molecular flexibility index (Phi) is 29.8. The number of amides is 4. The summed E-state index contributed by atoms with van der Waals surface area (Å²) in [6, 6.07) is 52.0. The highest BCUT2D eigenvalue weighted by atomic mass is 79.9. The second-order valence-electron chi connectivity index (χ2n) is 37.2. The molecule has 0 saturated heterocycles. The van der Waals surface area contributed by atoms with Crippen molar-refractivity contribution in [2.75, 3.05) is 44.2 Å². The van der Waals surface area contributed by atoms with Crippen LogP contribution in [0.3, 0.4) is 0 Å². The van der Waals surface area contributed by atoms with E-state index in [1.165, 1.54) is 163 Å². The molecule has 13 N–H and O–H groups in total. The summed E-state index contributed by atoms with van der Waals surface area (Å²) in [6.07, 6.45) is 35.9. The van der Waals surface area contributed by atoms with Crippen molar-refractivity contribution in [3.63, 3.8) is 0 Å². The normalized spacial score (nSPS) is 15.5. The Labute approximate surface area is 785 Å². The highest BCUT2D eigenvalue weighted by molar-refractivity contribution is 9.10. The van der Waals surface area contributed by atoms with Gasteiger partial charge in [0.15, 0.2) is 23.3 Å². The minimum Gasteiger partial charge on any atom is -0.508 e. The van der Waals surface area contributed by atoms with Crippen molar-refractivity contribution >= 4 is 97.2 Å². The van der Waals surface area contributed by atoms with E-state index in [9.17, 15) is 28.7 Å². The predicted molar refractivity (Wildman–Crippen MR) is 528 cm³/mol. The highest BCUT2D eigenvalue weighted by Gasteiger charge is 2.32. The zero-order valence-electron chi connectivity index (χ0n) is 75.0. The van der Waals surface area contributed by atoms with E-state index in [-0.39, 0.29) is 54.5 Å². The number of aryl methyl sites for hydroxylation is 8. The first-order valence-electron chi connectivity index (χ1n) is 47.5. The van der Waals surface area contributed by atoms with Crippen LogP contribution in [0.2, 0.25) is 5.02 Å². The third-order valence-corrected chi connectivity index (χ3v) is 28.0. The Balaban J connectivity index is 0.000000123. The van der Waals surface area contributed by atoms with Gasteiger partial charge in [-0.25, -0.2) is 44.3 Å². The van der Waals surface area contributed by atoms with E-state index in [1.54, 1.807) is 36.4 Å². The molecule has 12 aromatic rings. The quantitative estimate of drug-likeness (QED) is 0.0320. The lowest BCUT2D eigenvalue weighted by molar-refractivity contribution is -0.116. The third-order valence-electron chi connectivity index (χ3n) is 27.2. The van der Waals surface area contributed by atoms with Crippen LogP contribution in [0.15, 0.2) is 174 Å². The van der Waals surface area contributed by atoms with Crippen molar-refractivity contribution < 1.29 is 28.7 Å². The first-order valence-corrected chi connectivity index (χ1v) is 48.7. The van der Waals surface area contributed by atoms with Gasteiger partial charge in [-0.05, 0) is 242 Å². The second-order valence-corrected chi connectivity index (χ2v) is 38.6. The first-order chi connectivity index (χ1) is 64.2. The van der Waals surface area contributed by atoms with Crippen LogP contribution in [0.5, 0.6) is 5.75 Å². The third kappa shape index (κ3) is 23.7. The maximum Gasteiger partial charge on any atom is 0.229 e. The molecule has 0 bridgehead atoms. The minimum atomic E-state index is -0.309. The van der Waals surface area contributed by atoms with Crippen LogP contribution in [0.4, 0.5) is 50.4 Å². The Hall–Kier alpha value is -12.3. The van der Waals surface area contributed by atoms with Gasteiger partial charge in [0.25, 0.3) is 0 Å². The van der Waals surface area contributed by atoms with E-state index in [0.717, 1.165) is 217 Å². The molecule has 0 radical (unpaired) electrons. The molecule has 4 fully saturated rings. The van der Waals surface area contributed by atoms with Gasteiger partial charge < -0.3 is 49.3 Å². The van der Waals surface area contributed by atoms with Crippen LogP contribution in [-0.4, -0.2) is 68.6 Å². The largest absolute Gasteiger partial charge is 0.508 e. The molecular formula is C108H117BrClFN16O5. The van der Waals surface area contributed by atoms with E-state index in [2.05, 4.69) is 55.4 Å². The minimum absolute atomic E-state index is 0.0551. The SMILES string of the molecule is Nc1ccc2c(c1)CCc1nc(NC(=O)Cc3ccc(Br)cc3)c(CC3CCCCC3)nc1-2.Nc1ccc2c(c1)CCc1nc(NC(=O)Cc3ccc(Cl)cc3)c(CC3CCCCC3)nc1-2.Nc1ccc2c(c1)CCc1nc(NC(=O)Cc3ccc(F)cc3)c(CC3CCCCC3)nc1-2.Nc1ccc2c(c1)CCc1nc(NC(=O)Cc3ccc(O)cc3)c(CC3CCCCC3)nc1-2. The molecular weight excluding hydrogens is 1740 g/mol. The molecule has 8 aromatic carbocycles. The highest BCUT2D eigenvalue weighted by Crippen LogP contribution is 2.43. The van der Waals surface area contributed by atoms with Crippen molar-refractivity contribution in [3.8, 4) is 50.8 Å². The summed E-state index contributed by atoms with van der Waals surface area (Å²) >= 11 is 9.42. The summed E-state index contributed by atoms with van der Waals surface area (Å²) < 4.78 is 14.2. The molecule has 0 atom stereocenters. The van der Waals surface area contributed by atoms with Gasteiger partial charge in [-0.2, -0.15) is 0 Å². The van der Waals surface area contributed by atoms with Gasteiger partial charge in [0, 0.05) is 54.5 Å². The number of phenols is 1. The summed E-state index contributed by atoms with van der Waals surface area (Å²) in [4.78, 5) is 91.7. The summed E-state index contributed by atoms with van der Waals surface area (Å²) in [5.41, 5.74) is 51.0. The number of fused-ring (bicyclic) bond motifs is 12. The molecule has 0 aliphatic heterocycles. The number of hydrogen-bond acceptors (Lipinski definition) is 17. The number of carbonyl (C=O) groups excluding carboxylic acids is 4. The number of anilines is 8. The summed E-state index contributed by atoms with van der Waals surface area (Å²) in [7, 11) is 0. The summed E-state index contributed by atoms with van der Waals surface area (Å²) in [5.74, 6) is 4.23. The van der Waals surface area contributed by atoms with Crippen LogP contribution in [0.1, 0.15) is 218 Å². The topological polar surface area (TPSA) is 344 Å². The molecule has 4 heterocycles. The van der Waals surface area contributed by atoms with Gasteiger partial charge in [0.05, 0.1) is 94.0 Å². The molecule has 21 nitrogen and oxygen atoms in total. The van der Waals surface area contributed by atoms with Gasteiger partial charge in [-0.1, -0.05) is 229 Å². The second kappa shape index (κ2) is 42.9. The maximum atomic E-state index is 13.2. The molecule has 4 amide bonds. The van der Waals surface area contributed by atoms with Gasteiger partial charge in [-0.15, -0.1) is 0 Å². The Bertz CT molecular complexity index is 5430. The number of nitrogens with two attached hydrogens (primary N) is 4. The first kappa shape index (κ1) is 91.5. The van der Waals surface area contributed by atoms with E-state index < -0.39 is 0 Å². The van der Waals surface area contributed by atoms with Gasteiger partial charge in [0.1, 0.15) is 11.6 Å². The van der Waals surface area contributed by atoms with Crippen molar-refractivity contribution in [1.29, 1.82) is 0 Å². The predicted octanol–water partition coefficient (Wildman–Crippen LogP) is 21.8. The molecule has 4 aromatic heterocycles. The Morgan fingerprint density at radius 1 is 0.326 bits per heavy atom. The van der Waals surface area contributed by atoms with E-state index in [0.29, 0.717) is 58.4 Å². The standard InChI is InChI=1S/C27H29BrN4O.C27H29ClN4O.C27H29FN4O.C27H30N4O2/c3*28-20-9-6-18(7-10-20)15-25(33)32-27-24(14-17-4-2-1-3-5-17)30-26-22-12-11-21(29)16-19(22)8-13-23(26)31-27;28-20-9-12-22-19(16-20)8-13-23-26(22)29-24(14-17-4-2-1-3-5-17)27(30-23)31-25(33)15-18-6-10-21(32)11-7-18/h3*6-7,9-12,16-17H,1-5,8,13-15,29H2,(H,31,32,33);6-7,9-12,16-17,32H,1-5,8,13-15,28H2,(H,30,31,33). The van der Waals surface area contributed by atoms with Gasteiger partial charge in [0.2, 0.25) is 23.6 Å². The van der Waals surface area contributed by atoms with Crippen LogP contribution in [-0.2, 0) is 122 Å². The van der Waals surface area contributed by atoms with Crippen molar-refractivity contribution in [2.24, 2.45) is 23.7 Å². The number of benzene rings is 8. The number of hydrogen-bond donors (Lipinski definition) is 9. The molecule has 4 saturated carbocycles. The number of halogens is 3. The number of carbonyl (C=O) groups is 4. The van der Waals surface area contributed by atoms with Crippen molar-refractivity contribution in [3.05, 3.63) is 275 Å². The number of aromatic nitrogens is 8. The molecule has 0 unspecified atom stereocenters. The van der Waals surface area contributed by atoms with Crippen LogP contribution in [0.25, 0.3) is 45.0 Å². The van der Waals surface area contributed by atoms with E-state index >= 15 is 0 Å². The molecule has 20 rings (SSSR count). The van der Waals surface area contributed by atoms with E-state index in [1.807, 2.05) is 103 Å². The monoisotopic (exact) mass is 1850 g/mol. The lowest BCUT2D eigenvalue weighted by Gasteiger charge is -2.24. The van der Waals surface area contributed by atoms with Crippen molar-refractivity contribution in [1.82, 2.24) is 39.9 Å². The Morgan fingerprint density at radius 2 is 0.568 bits per heavy atom. The average Bonchev–Trinajstić information content (AvgIpc) is 0.782. The van der Waals surface area contributed by atoms with Gasteiger partial charge in [-0.3, -0.25) is 19.2 Å². The number of rotatable bonds is 20. The molecule has 0 spiro atoms. The number of nitrogens with zero attached hydrogens (tertiary/aromatic N) is 8. The van der Waals surface area contributed by atoms with Crippen LogP contribution in [0, 0.1) is 29.5 Å². The zero-order chi connectivity index (χ0) is 91.1. The number of nitrogens with one attached hydrogen (secondary N) is 4. The maximum absolute atomic E-state index is 13.2. The number of nitrogen functional groups attached to an aromatic ring is 4. The summed E-state index contributed by atoms with van der Waals surface area (Å²) in [5, 5.41) is 22.4. The zero-order valence-corrected chi connectivity index (χ0v) is 77.4. The lowest BCUT2D eigenvalue weighted by atomic mass is 9.85. The molecule has 8 aliphatic carbocycles. The molecule has 132 heavy (non-hydrogen) atoms. The van der Waals surface area contributed by atoms with Crippen LogP contribution >= 0.6 is 27.5 Å². The van der Waals surface area contributed by atoms with Crippen molar-refractivity contribution in [2.45, 2.75) is 231 Å². The van der Waals surface area contributed by atoms with E-state index in [4.69, 9.17) is 74.4 Å². The van der Waals surface area contributed by atoms with Gasteiger partial charge >= 0.3 is 0 Å². The molecule has 8 aliphatic rings. The van der Waals surface area contributed by atoms with Crippen LogP contribution < -0.4 is 44.2 Å². The Morgan fingerprint density at radius 3 is 0.833 bits per heavy atom. The lowest BCUT2D eigenvalue weighted by Crippen LogP contribution is -2.21. The fourth-order valence-corrected chi connectivity index (χ4v) is 20.7. The number of phenolic OH excluding ortho intramolecular Hbond substituents is 1. The number of aromatic hydroxyl groups is 1. The average molecular weight is 1850 g/mol. The fourth-order valence-electron chi connectivity index (χ4n) is 20.3. The fraction of sp³-hybridized carbons (Fsp3) is 0.370. The molecule has 24 heteroatoms. The smallest absolute Gasteiger partial charge is 0.229 e. The summed E-state index contributed by atoms with van der Waals surface area (Å²) in [6.45, 7) is 0. The molecule has 680 valence electrons.